The Hall–Kier alpha value is -2.67. The first kappa shape index (κ1) is 20.1. The highest BCUT2D eigenvalue weighted by atomic mass is 32.2. The van der Waals surface area contributed by atoms with Gasteiger partial charge >= 0.3 is 5.30 Å². The molecule has 2 aromatic rings. The van der Waals surface area contributed by atoms with Crippen molar-refractivity contribution in [3.05, 3.63) is 71.3 Å². The van der Waals surface area contributed by atoms with Crippen LogP contribution in [0.25, 0.3) is 0 Å². The second-order valence-corrected chi connectivity index (χ2v) is 8.99. The molecule has 0 radical (unpaired) electrons. The lowest BCUT2D eigenvalue weighted by molar-refractivity contribution is -0.119. The van der Waals surface area contributed by atoms with Gasteiger partial charge in [0.2, 0.25) is 5.91 Å². The second-order valence-electron chi connectivity index (χ2n) is 7.00. The molecule has 0 aliphatic heterocycles. The Kier molecular flexibility index (Phi) is 6.14. The molecule has 1 aliphatic rings. The normalized spacial score (nSPS) is 18.8. The highest BCUT2D eigenvalue weighted by molar-refractivity contribution is 8.05. The summed E-state index contributed by atoms with van der Waals surface area (Å²) in [6, 6.07) is 16.2. The van der Waals surface area contributed by atoms with E-state index in [4.69, 9.17) is 4.74 Å². The predicted molar refractivity (Wildman–Crippen MR) is 105 cm³/mol. The monoisotopic (exact) mass is 401 g/mol. The molecular formula is C21H23NO5S. The molecule has 0 saturated heterocycles. The van der Waals surface area contributed by atoms with Crippen LogP contribution in [-0.2, 0) is 32.4 Å². The lowest BCUT2D eigenvalue weighted by Crippen LogP contribution is -2.35. The Labute approximate surface area is 164 Å². The number of rotatable bonds is 5. The first-order chi connectivity index (χ1) is 13.4. The summed E-state index contributed by atoms with van der Waals surface area (Å²) in [4.78, 5) is 23.7. The number of sulfone groups is 1. The number of benzene rings is 2. The van der Waals surface area contributed by atoms with Crippen molar-refractivity contribution in [2.75, 3.05) is 6.54 Å². The number of carbonyl (C=O) groups is 2. The van der Waals surface area contributed by atoms with Crippen molar-refractivity contribution in [1.82, 2.24) is 5.32 Å². The highest BCUT2D eigenvalue weighted by Gasteiger charge is 2.41. The molecule has 0 heterocycles. The number of carbonyl (C=O) groups excluding carboxylic acids is 2. The fraction of sp³-hybridized carbons (Fsp3) is 0.333. The van der Waals surface area contributed by atoms with Crippen LogP contribution in [0.15, 0.2) is 54.6 Å². The van der Waals surface area contributed by atoms with Gasteiger partial charge in [0.15, 0.2) is 0 Å². The molecule has 0 fully saturated rings. The Morgan fingerprint density at radius 1 is 1.07 bits per heavy atom. The molecular weight excluding hydrogens is 378 g/mol. The molecule has 7 heteroatoms. The van der Waals surface area contributed by atoms with E-state index >= 15 is 0 Å². The second kappa shape index (κ2) is 8.56. The third-order valence-electron chi connectivity index (χ3n) is 4.90. The van der Waals surface area contributed by atoms with Gasteiger partial charge in [0.05, 0.1) is 5.25 Å². The zero-order chi connectivity index (χ0) is 20.1. The number of hydrogen-bond donors (Lipinski definition) is 1. The van der Waals surface area contributed by atoms with Gasteiger partial charge in [-0.25, -0.2) is 13.2 Å². The zero-order valence-corrected chi connectivity index (χ0v) is 16.4. The molecule has 2 atom stereocenters. The Bertz CT molecular complexity index is 956. The summed E-state index contributed by atoms with van der Waals surface area (Å²) in [5, 5.41) is 0.560. The number of hydrogen-bond acceptors (Lipinski definition) is 5. The average Bonchev–Trinajstić information content (AvgIpc) is 2.70. The summed E-state index contributed by atoms with van der Waals surface area (Å²) in [5.74, 6) is -0.235. The fourth-order valence-electron chi connectivity index (χ4n) is 3.51. The van der Waals surface area contributed by atoms with Crippen molar-refractivity contribution in [2.24, 2.45) is 5.92 Å². The van der Waals surface area contributed by atoms with Crippen molar-refractivity contribution in [2.45, 2.75) is 31.6 Å². The summed E-state index contributed by atoms with van der Waals surface area (Å²) < 4.78 is 31.1. The summed E-state index contributed by atoms with van der Waals surface area (Å²) in [6.45, 7) is 1.70. The predicted octanol–water partition coefficient (Wildman–Crippen LogP) is 3.18. The Morgan fingerprint density at radius 2 is 1.75 bits per heavy atom. The van der Waals surface area contributed by atoms with Gasteiger partial charge in [-0.1, -0.05) is 54.6 Å². The molecule has 0 saturated carbocycles. The minimum Gasteiger partial charge on any atom is -0.449 e. The van der Waals surface area contributed by atoms with Gasteiger partial charge in [-0.05, 0) is 35.4 Å². The zero-order valence-electron chi connectivity index (χ0n) is 15.6. The van der Waals surface area contributed by atoms with Gasteiger partial charge in [-0.15, -0.1) is 0 Å². The molecule has 2 aromatic carbocycles. The maximum Gasteiger partial charge on any atom is 0.425 e. The van der Waals surface area contributed by atoms with E-state index in [1.165, 1.54) is 6.92 Å². The van der Waals surface area contributed by atoms with Crippen LogP contribution < -0.4 is 5.32 Å². The molecule has 1 N–H and O–H groups in total. The summed E-state index contributed by atoms with van der Waals surface area (Å²) in [6.07, 6.45) is 0.918. The molecule has 28 heavy (non-hydrogen) atoms. The molecule has 6 nitrogen and oxygen atoms in total. The molecule has 0 bridgehead atoms. The molecule has 0 spiro atoms. The standard InChI is InChI=1S/C21H23NO5S/c1-15(23)22-13-17-11-18-9-5-6-10-19(18)20(12-17)28(25,26)21(24)27-14-16-7-3-2-4-8-16/h2-10,17,20H,11-14H2,1H3,(H,22,23)/t17-,20?/m1/s1. The Morgan fingerprint density at radius 3 is 2.46 bits per heavy atom. The Balaban J connectivity index is 1.80. The first-order valence-corrected chi connectivity index (χ1v) is 10.7. The van der Waals surface area contributed by atoms with Crippen molar-refractivity contribution in [1.29, 1.82) is 0 Å². The van der Waals surface area contributed by atoms with Crippen molar-refractivity contribution in [3.63, 3.8) is 0 Å². The van der Waals surface area contributed by atoms with E-state index in [1.54, 1.807) is 36.4 Å². The van der Waals surface area contributed by atoms with Crippen LogP contribution in [0.4, 0.5) is 4.79 Å². The van der Waals surface area contributed by atoms with E-state index in [-0.39, 0.29) is 24.9 Å². The number of fused-ring (bicyclic) bond motifs is 1. The number of amides is 1. The number of nitrogens with one attached hydrogen (secondary N) is 1. The molecule has 1 aliphatic carbocycles. The van der Waals surface area contributed by atoms with Gasteiger partial charge in [0.25, 0.3) is 9.84 Å². The van der Waals surface area contributed by atoms with E-state index in [9.17, 15) is 18.0 Å². The minimum atomic E-state index is -4.19. The lowest BCUT2D eigenvalue weighted by Gasteiger charge is -2.30. The van der Waals surface area contributed by atoms with Crippen LogP contribution in [0.3, 0.4) is 0 Å². The van der Waals surface area contributed by atoms with Crippen LogP contribution in [-0.4, -0.2) is 26.2 Å². The van der Waals surface area contributed by atoms with Crippen LogP contribution in [0.2, 0.25) is 0 Å². The van der Waals surface area contributed by atoms with E-state index in [2.05, 4.69) is 5.32 Å². The van der Waals surface area contributed by atoms with Crippen molar-refractivity contribution >= 4 is 21.0 Å². The largest absolute Gasteiger partial charge is 0.449 e. The van der Waals surface area contributed by atoms with Crippen LogP contribution in [0.1, 0.15) is 35.3 Å². The quantitative estimate of drug-likeness (QED) is 0.777. The lowest BCUT2D eigenvalue weighted by atomic mass is 9.83. The van der Waals surface area contributed by atoms with Gasteiger partial charge in [-0.2, -0.15) is 0 Å². The maximum atomic E-state index is 13.0. The maximum absolute atomic E-state index is 13.0. The van der Waals surface area contributed by atoms with E-state index in [0.717, 1.165) is 11.1 Å². The third-order valence-corrected chi connectivity index (χ3v) is 6.68. The van der Waals surface area contributed by atoms with Gasteiger partial charge in [-0.3, -0.25) is 4.79 Å². The topological polar surface area (TPSA) is 89.5 Å². The SMILES string of the molecule is CC(=O)NC[C@@H]1Cc2ccccc2C(S(=O)(=O)C(=O)OCc2ccccc2)C1. The minimum absolute atomic E-state index is 0.0690. The summed E-state index contributed by atoms with van der Waals surface area (Å²) in [5.41, 5.74) is 2.24. The fourth-order valence-corrected chi connectivity index (χ4v) is 5.06. The molecule has 148 valence electrons. The van der Waals surface area contributed by atoms with Gasteiger partial charge in [0.1, 0.15) is 6.61 Å². The van der Waals surface area contributed by atoms with E-state index in [0.29, 0.717) is 18.5 Å². The smallest absolute Gasteiger partial charge is 0.425 e. The van der Waals surface area contributed by atoms with Crippen LogP contribution in [0, 0.1) is 5.92 Å². The summed E-state index contributed by atoms with van der Waals surface area (Å²) >= 11 is 0. The highest BCUT2D eigenvalue weighted by Crippen LogP contribution is 2.39. The molecule has 3 rings (SSSR count). The van der Waals surface area contributed by atoms with Crippen molar-refractivity contribution < 1.29 is 22.7 Å². The molecule has 0 aromatic heterocycles. The van der Waals surface area contributed by atoms with Gasteiger partial charge < -0.3 is 10.1 Å². The van der Waals surface area contributed by atoms with Crippen LogP contribution in [0.5, 0.6) is 0 Å². The third kappa shape index (κ3) is 4.59. The molecule has 1 amide bonds. The first-order valence-electron chi connectivity index (χ1n) is 9.14. The number of ether oxygens (including phenoxy) is 1. The van der Waals surface area contributed by atoms with Gasteiger partial charge in [0, 0.05) is 13.5 Å². The van der Waals surface area contributed by atoms with E-state index < -0.39 is 20.4 Å². The summed E-state index contributed by atoms with van der Waals surface area (Å²) in [7, 11) is -4.19. The van der Waals surface area contributed by atoms with Crippen molar-refractivity contribution in [3.8, 4) is 0 Å². The van der Waals surface area contributed by atoms with Crippen LogP contribution >= 0.6 is 0 Å². The average molecular weight is 401 g/mol. The molecule has 1 unspecified atom stereocenters. The van der Waals surface area contributed by atoms with E-state index in [1.807, 2.05) is 18.2 Å².